The highest BCUT2D eigenvalue weighted by atomic mass is 35.5. The zero-order chi connectivity index (χ0) is 29.2. The van der Waals surface area contributed by atoms with Gasteiger partial charge in [0.2, 0.25) is 9.84 Å². The summed E-state index contributed by atoms with van der Waals surface area (Å²) in [6.45, 7) is 3.49. The number of ether oxygens (including phenoxy) is 2. The van der Waals surface area contributed by atoms with Crippen molar-refractivity contribution in [2.24, 2.45) is 0 Å². The van der Waals surface area contributed by atoms with Crippen LogP contribution in [0.2, 0.25) is 5.02 Å². The summed E-state index contributed by atoms with van der Waals surface area (Å²) in [7, 11) is -3.89. The van der Waals surface area contributed by atoms with Crippen LogP contribution < -0.4 is 5.32 Å². The van der Waals surface area contributed by atoms with E-state index in [1.54, 1.807) is 31.2 Å². The van der Waals surface area contributed by atoms with Crippen LogP contribution >= 0.6 is 11.6 Å². The zero-order valence-corrected chi connectivity index (χ0v) is 24.2. The molecule has 9 heteroatoms. The van der Waals surface area contributed by atoms with Crippen LogP contribution in [0.1, 0.15) is 40.1 Å². The molecule has 0 spiro atoms. The Morgan fingerprint density at radius 2 is 1.63 bits per heavy atom. The normalized spacial score (nSPS) is 12.1. The number of sulfone groups is 1. The lowest BCUT2D eigenvalue weighted by molar-refractivity contribution is 0.0400. The quantitative estimate of drug-likeness (QED) is 0.142. The van der Waals surface area contributed by atoms with Crippen molar-refractivity contribution in [1.29, 1.82) is 0 Å². The summed E-state index contributed by atoms with van der Waals surface area (Å²) in [5, 5.41) is 14.3. The Bertz CT molecular complexity index is 1560. The van der Waals surface area contributed by atoms with Crippen molar-refractivity contribution in [2.75, 3.05) is 19.7 Å². The molecular weight excluding hydrogens is 562 g/mol. The zero-order valence-electron chi connectivity index (χ0n) is 22.6. The summed E-state index contributed by atoms with van der Waals surface area (Å²) < 4.78 is 37.3. The third kappa shape index (κ3) is 8.17. The molecule has 0 bridgehead atoms. The molecule has 41 heavy (non-hydrogen) atoms. The first-order chi connectivity index (χ1) is 19.8. The minimum absolute atomic E-state index is 0.0864. The molecule has 0 unspecified atom stereocenters. The lowest BCUT2D eigenvalue weighted by Crippen LogP contribution is -2.25. The number of phenolic OH excluding ortho intramolecular Hbond substituents is 1. The number of hydrogen-bond acceptors (Lipinski definition) is 7. The van der Waals surface area contributed by atoms with E-state index in [9.17, 15) is 18.3 Å². The van der Waals surface area contributed by atoms with Gasteiger partial charge in [-0.1, -0.05) is 66.2 Å². The van der Waals surface area contributed by atoms with E-state index >= 15 is 0 Å². The number of phenols is 1. The molecule has 7 nitrogen and oxygen atoms in total. The number of halogens is 1. The number of carbonyl (C=O) groups is 1. The van der Waals surface area contributed by atoms with Crippen LogP contribution in [0, 0.1) is 0 Å². The van der Waals surface area contributed by atoms with E-state index in [0.717, 1.165) is 22.8 Å². The largest absolute Gasteiger partial charge is 0.507 e. The Labute approximate surface area is 245 Å². The number of aromatic hydroxyl groups is 1. The van der Waals surface area contributed by atoms with E-state index < -0.39 is 21.6 Å². The first-order valence-electron chi connectivity index (χ1n) is 13.2. The monoisotopic (exact) mass is 593 g/mol. The van der Waals surface area contributed by atoms with Gasteiger partial charge in [0.05, 0.1) is 29.1 Å². The van der Waals surface area contributed by atoms with Crippen molar-refractivity contribution in [3.8, 4) is 5.75 Å². The summed E-state index contributed by atoms with van der Waals surface area (Å²) in [5.74, 6) is -1.16. The average molecular weight is 594 g/mol. The maximum absolute atomic E-state index is 13.1. The molecule has 4 aromatic rings. The summed E-state index contributed by atoms with van der Waals surface area (Å²) >= 11 is 6.22. The number of hydrogen-bond donors (Lipinski definition) is 2. The Morgan fingerprint density at radius 3 is 2.32 bits per heavy atom. The number of benzene rings is 4. The lowest BCUT2D eigenvalue weighted by Gasteiger charge is -2.20. The summed E-state index contributed by atoms with van der Waals surface area (Å²) in [6.07, 6.45) is 0.476. The highest BCUT2D eigenvalue weighted by molar-refractivity contribution is 7.91. The van der Waals surface area contributed by atoms with Gasteiger partial charge in [-0.05, 0) is 79.0 Å². The molecule has 4 rings (SSSR count). The third-order valence-corrected chi connectivity index (χ3v) is 8.45. The second-order valence-corrected chi connectivity index (χ2v) is 11.7. The van der Waals surface area contributed by atoms with E-state index in [4.69, 9.17) is 21.1 Å². The van der Waals surface area contributed by atoms with Gasteiger partial charge < -0.3 is 19.9 Å². The Balaban J connectivity index is 1.35. The maximum Gasteiger partial charge on any atom is 0.341 e. The van der Waals surface area contributed by atoms with Gasteiger partial charge in [0.25, 0.3) is 0 Å². The second kappa shape index (κ2) is 14.3. The van der Waals surface area contributed by atoms with Crippen LogP contribution in [0.15, 0.2) is 107 Å². The van der Waals surface area contributed by atoms with E-state index in [1.165, 1.54) is 12.1 Å². The molecule has 214 valence electrons. The van der Waals surface area contributed by atoms with Crippen molar-refractivity contribution in [2.45, 2.75) is 35.8 Å². The molecule has 2 N–H and O–H groups in total. The molecule has 0 aliphatic heterocycles. The molecule has 0 aliphatic carbocycles. The number of carbonyl (C=O) groups excluding carboxylic acids is 1. The van der Waals surface area contributed by atoms with Crippen LogP contribution in [-0.4, -0.2) is 39.2 Å². The van der Waals surface area contributed by atoms with E-state index in [1.807, 2.05) is 54.6 Å². The smallest absolute Gasteiger partial charge is 0.341 e. The SMILES string of the molecule is CCOC(=O)c1ccc(S(=O)(=O)c2ccc(CCNC[C@H](OCc3ccccc3)c3cccc(Cl)c3)cc2)cc1O. The fourth-order valence-corrected chi connectivity index (χ4v) is 5.73. The highest BCUT2D eigenvalue weighted by Gasteiger charge is 2.21. The van der Waals surface area contributed by atoms with Gasteiger partial charge in [0.1, 0.15) is 11.3 Å². The van der Waals surface area contributed by atoms with Crippen LogP contribution in [0.25, 0.3) is 0 Å². The molecule has 0 radical (unpaired) electrons. The molecular formula is C32H32ClNO6S. The topological polar surface area (TPSA) is 102 Å². The van der Waals surface area contributed by atoms with Crippen molar-refractivity contribution in [3.05, 3.63) is 124 Å². The fraction of sp³-hybridized carbons (Fsp3) is 0.219. The van der Waals surface area contributed by atoms with E-state index in [2.05, 4.69) is 5.32 Å². The van der Waals surface area contributed by atoms with Crippen LogP contribution in [0.3, 0.4) is 0 Å². The molecule has 0 aromatic heterocycles. The van der Waals surface area contributed by atoms with Gasteiger partial charge in [0, 0.05) is 11.6 Å². The molecule has 0 saturated carbocycles. The van der Waals surface area contributed by atoms with Gasteiger partial charge in [-0.25, -0.2) is 13.2 Å². The van der Waals surface area contributed by atoms with Gasteiger partial charge in [-0.2, -0.15) is 0 Å². The fourth-order valence-electron chi connectivity index (χ4n) is 4.25. The standard InChI is InChI=1S/C32H32ClNO6S/c1-2-39-32(36)29-16-15-28(20-30(29)35)41(37,38)27-13-11-23(12-14-27)17-18-34-21-31(25-9-6-10-26(33)19-25)40-22-24-7-4-3-5-8-24/h3-16,19-20,31,34-35H,2,17-18,21-22H2,1H3/t31-/m0/s1. The molecule has 0 fully saturated rings. The van der Waals surface area contributed by atoms with Crippen molar-refractivity contribution in [3.63, 3.8) is 0 Å². The van der Waals surface area contributed by atoms with Gasteiger partial charge >= 0.3 is 5.97 Å². The maximum atomic E-state index is 13.1. The van der Waals surface area contributed by atoms with Gasteiger partial charge in [-0.15, -0.1) is 0 Å². The highest BCUT2D eigenvalue weighted by Crippen LogP contribution is 2.27. The first-order valence-corrected chi connectivity index (χ1v) is 15.1. The van der Waals surface area contributed by atoms with Crippen molar-refractivity contribution < 1.29 is 27.8 Å². The molecule has 4 aromatic carbocycles. The average Bonchev–Trinajstić information content (AvgIpc) is 2.97. The predicted molar refractivity (Wildman–Crippen MR) is 158 cm³/mol. The summed E-state index contributed by atoms with van der Waals surface area (Å²) in [6, 6.07) is 27.8. The van der Waals surface area contributed by atoms with E-state index in [0.29, 0.717) is 31.1 Å². The third-order valence-electron chi connectivity index (χ3n) is 6.44. The van der Waals surface area contributed by atoms with Crippen LogP contribution in [0.4, 0.5) is 0 Å². The van der Waals surface area contributed by atoms with Gasteiger partial charge in [0.15, 0.2) is 0 Å². The molecule has 1 atom stereocenters. The van der Waals surface area contributed by atoms with E-state index in [-0.39, 0.29) is 28.1 Å². The summed E-state index contributed by atoms with van der Waals surface area (Å²) in [4.78, 5) is 11.9. The second-order valence-electron chi connectivity index (χ2n) is 9.34. The molecule has 0 amide bonds. The number of nitrogens with one attached hydrogen (secondary N) is 1. The number of rotatable bonds is 13. The van der Waals surface area contributed by atoms with Crippen LogP contribution in [0.5, 0.6) is 5.75 Å². The molecule has 0 heterocycles. The first kappa shape index (κ1) is 30.3. The van der Waals surface area contributed by atoms with Crippen molar-refractivity contribution in [1.82, 2.24) is 5.32 Å². The number of esters is 1. The minimum atomic E-state index is -3.89. The Kier molecular flexibility index (Phi) is 10.5. The molecule has 0 aliphatic rings. The van der Waals surface area contributed by atoms with Crippen LogP contribution in [-0.2, 0) is 32.3 Å². The molecule has 0 saturated heterocycles. The lowest BCUT2D eigenvalue weighted by atomic mass is 10.1. The Morgan fingerprint density at radius 1 is 0.902 bits per heavy atom. The van der Waals surface area contributed by atoms with Gasteiger partial charge in [-0.3, -0.25) is 0 Å². The predicted octanol–water partition coefficient (Wildman–Crippen LogP) is 6.15. The minimum Gasteiger partial charge on any atom is -0.507 e. The Hall–Kier alpha value is -3.69. The van der Waals surface area contributed by atoms with Crippen molar-refractivity contribution >= 4 is 27.4 Å². The summed E-state index contributed by atoms with van der Waals surface area (Å²) in [5.41, 5.74) is 2.94.